The Morgan fingerprint density at radius 2 is 1.70 bits per heavy atom. The highest BCUT2D eigenvalue weighted by molar-refractivity contribution is 5.83. The summed E-state index contributed by atoms with van der Waals surface area (Å²) in [5.74, 6) is 1.99. The zero-order valence-electron chi connectivity index (χ0n) is 28.4. The third-order valence-electron chi connectivity index (χ3n) is 7.56. The maximum atomic E-state index is 13.1. The number of rotatable bonds is 9. The lowest BCUT2D eigenvalue weighted by atomic mass is 9.92. The SMILES string of the molecule is Cc1nc(NCC(NC(=O)OCC(=O)OC(C)(C)C)C(=O)OC(C)(C)C)c(C)c(N2CCC(c3ccc4c(n3)NCCC4)CC2)n1. The number of aryl methyl sites for hydroxylation is 2. The Morgan fingerprint density at radius 3 is 2.37 bits per heavy atom. The predicted molar refractivity (Wildman–Crippen MR) is 175 cm³/mol. The summed E-state index contributed by atoms with van der Waals surface area (Å²) in [6.45, 7) is 16.1. The van der Waals surface area contributed by atoms with Crippen LogP contribution in [0.3, 0.4) is 0 Å². The van der Waals surface area contributed by atoms with Gasteiger partial charge in [-0.2, -0.15) is 0 Å². The molecule has 0 aliphatic carbocycles. The molecule has 46 heavy (non-hydrogen) atoms. The van der Waals surface area contributed by atoms with Crippen molar-refractivity contribution in [3.05, 3.63) is 34.8 Å². The molecular formula is C33H49N7O6. The van der Waals surface area contributed by atoms with Gasteiger partial charge < -0.3 is 35.1 Å². The van der Waals surface area contributed by atoms with Crippen molar-refractivity contribution in [1.29, 1.82) is 0 Å². The Hall–Kier alpha value is -4.16. The lowest BCUT2D eigenvalue weighted by Gasteiger charge is -2.34. The van der Waals surface area contributed by atoms with Crippen molar-refractivity contribution in [1.82, 2.24) is 20.3 Å². The van der Waals surface area contributed by atoms with Crippen LogP contribution in [0.25, 0.3) is 0 Å². The molecule has 13 nitrogen and oxygen atoms in total. The van der Waals surface area contributed by atoms with Gasteiger partial charge in [0.25, 0.3) is 0 Å². The van der Waals surface area contributed by atoms with Gasteiger partial charge in [0.05, 0.1) is 0 Å². The molecule has 2 aliphatic rings. The average molecular weight is 640 g/mol. The first kappa shape index (κ1) is 34.7. The monoisotopic (exact) mass is 639 g/mol. The van der Waals surface area contributed by atoms with Gasteiger partial charge in [-0.25, -0.2) is 29.3 Å². The first-order valence-corrected chi connectivity index (χ1v) is 16.0. The number of anilines is 3. The minimum absolute atomic E-state index is 0.0344. The van der Waals surface area contributed by atoms with E-state index >= 15 is 0 Å². The second-order valence-electron chi connectivity index (χ2n) is 13.9. The largest absolute Gasteiger partial charge is 0.458 e. The van der Waals surface area contributed by atoms with Crippen LogP contribution >= 0.6 is 0 Å². The number of carbonyl (C=O) groups excluding carboxylic acids is 3. The number of pyridine rings is 1. The molecule has 0 aromatic carbocycles. The summed E-state index contributed by atoms with van der Waals surface area (Å²) >= 11 is 0. The summed E-state index contributed by atoms with van der Waals surface area (Å²) in [7, 11) is 0. The molecule has 4 rings (SSSR count). The molecule has 0 radical (unpaired) electrons. The van der Waals surface area contributed by atoms with Crippen LogP contribution in [0.2, 0.25) is 0 Å². The number of carbonyl (C=O) groups is 3. The fourth-order valence-corrected chi connectivity index (χ4v) is 5.50. The van der Waals surface area contributed by atoms with E-state index in [9.17, 15) is 14.4 Å². The van der Waals surface area contributed by atoms with Crippen LogP contribution in [-0.4, -0.2) is 83.0 Å². The summed E-state index contributed by atoms with van der Waals surface area (Å²) < 4.78 is 15.7. The number of ether oxygens (including phenoxy) is 3. The van der Waals surface area contributed by atoms with E-state index in [-0.39, 0.29) is 6.54 Å². The first-order valence-electron chi connectivity index (χ1n) is 16.0. The maximum Gasteiger partial charge on any atom is 0.408 e. The van der Waals surface area contributed by atoms with Crippen molar-refractivity contribution in [3.8, 4) is 0 Å². The standard InChI is InChI=1S/C33H49N7O6/c1-20-27(35-18-25(30(42)46-33(6,7)8)39-31(43)44-19-26(41)45-32(3,4)5)36-21(2)37-29(20)40-16-13-22(14-17-40)24-12-11-23-10-9-15-34-28(23)38-24/h11-12,22,25H,9-10,13-19H2,1-8H3,(H,34,38)(H,39,43)(H,35,36,37). The van der Waals surface area contributed by atoms with E-state index in [0.29, 0.717) is 17.6 Å². The summed E-state index contributed by atoms with van der Waals surface area (Å²) in [4.78, 5) is 54.2. The molecule has 13 heteroatoms. The molecule has 2 aromatic rings. The van der Waals surface area contributed by atoms with Crippen LogP contribution in [0.15, 0.2) is 12.1 Å². The number of aromatic nitrogens is 3. The molecule has 3 N–H and O–H groups in total. The van der Waals surface area contributed by atoms with Gasteiger partial charge in [0.1, 0.15) is 40.5 Å². The molecule has 2 aliphatic heterocycles. The van der Waals surface area contributed by atoms with Gasteiger partial charge in [0.2, 0.25) is 0 Å². The van der Waals surface area contributed by atoms with Crippen LogP contribution in [0.4, 0.5) is 22.2 Å². The molecule has 1 atom stereocenters. The number of alkyl carbamates (subject to hydrolysis) is 1. The molecular weight excluding hydrogens is 590 g/mol. The third kappa shape index (κ3) is 9.92. The summed E-state index contributed by atoms with van der Waals surface area (Å²) in [6, 6.07) is 3.26. The molecule has 0 bridgehead atoms. The summed E-state index contributed by atoms with van der Waals surface area (Å²) in [5.41, 5.74) is 1.75. The highest BCUT2D eigenvalue weighted by atomic mass is 16.6. The van der Waals surface area contributed by atoms with Gasteiger partial charge in [-0.05, 0) is 92.7 Å². The Kier molecular flexibility index (Phi) is 10.9. The predicted octanol–water partition coefficient (Wildman–Crippen LogP) is 4.42. The Balaban J connectivity index is 1.41. The highest BCUT2D eigenvalue weighted by Gasteiger charge is 2.30. The second-order valence-corrected chi connectivity index (χ2v) is 13.9. The van der Waals surface area contributed by atoms with E-state index in [1.165, 1.54) is 5.56 Å². The average Bonchev–Trinajstić information content (AvgIpc) is 2.97. The van der Waals surface area contributed by atoms with Crippen molar-refractivity contribution < 1.29 is 28.6 Å². The van der Waals surface area contributed by atoms with Gasteiger partial charge in [0.15, 0.2) is 6.61 Å². The van der Waals surface area contributed by atoms with E-state index < -0.39 is 41.9 Å². The van der Waals surface area contributed by atoms with Gasteiger partial charge in [0, 0.05) is 43.4 Å². The minimum atomic E-state index is -1.13. The Morgan fingerprint density at radius 1 is 1.00 bits per heavy atom. The fourth-order valence-electron chi connectivity index (χ4n) is 5.50. The maximum absolute atomic E-state index is 13.1. The van der Waals surface area contributed by atoms with E-state index in [0.717, 1.165) is 68.2 Å². The fraction of sp³-hybridized carbons (Fsp3) is 0.636. The second kappa shape index (κ2) is 14.5. The number of amides is 1. The van der Waals surface area contributed by atoms with Gasteiger partial charge in [-0.1, -0.05) is 6.07 Å². The first-order chi connectivity index (χ1) is 21.6. The van der Waals surface area contributed by atoms with Crippen molar-refractivity contribution in [2.45, 2.75) is 104 Å². The van der Waals surface area contributed by atoms with E-state index in [4.69, 9.17) is 24.2 Å². The number of esters is 2. The van der Waals surface area contributed by atoms with Crippen molar-refractivity contribution >= 4 is 35.5 Å². The normalized spacial score (nSPS) is 16.0. The third-order valence-corrected chi connectivity index (χ3v) is 7.56. The number of hydrogen-bond acceptors (Lipinski definition) is 12. The topological polar surface area (TPSA) is 157 Å². The van der Waals surface area contributed by atoms with E-state index in [2.05, 4.69) is 38.0 Å². The van der Waals surface area contributed by atoms with Gasteiger partial charge in [-0.15, -0.1) is 0 Å². The van der Waals surface area contributed by atoms with Crippen LogP contribution < -0.4 is 20.9 Å². The summed E-state index contributed by atoms with van der Waals surface area (Å²) in [5, 5.41) is 9.16. The van der Waals surface area contributed by atoms with Gasteiger partial charge in [-0.3, -0.25) is 0 Å². The lowest BCUT2D eigenvalue weighted by Crippen LogP contribution is -2.48. The molecule has 2 aromatic heterocycles. The Bertz CT molecular complexity index is 1410. The van der Waals surface area contributed by atoms with E-state index in [1.54, 1.807) is 41.5 Å². The molecule has 1 saturated heterocycles. The minimum Gasteiger partial charge on any atom is -0.458 e. The number of hydrogen-bond donors (Lipinski definition) is 3. The summed E-state index contributed by atoms with van der Waals surface area (Å²) in [6.07, 6.45) is 3.16. The zero-order chi connectivity index (χ0) is 33.6. The highest BCUT2D eigenvalue weighted by Crippen LogP contribution is 2.33. The van der Waals surface area contributed by atoms with Crippen molar-refractivity contribution in [2.75, 3.05) is 48.3 Å². The number of nitrogens with zero attached hydrogens (tertiary/aromatic N) is 4. The molecule has 1 amide bonds. The van der Waals surface area contributed by atoms with Crippen LogP contribution in [0, 0.1) is 13.8 Å². The molecule has 4 heterocycles. The quantitative estimate of drug-likeness (QED) is 0.263. The number of piperidine rings is 1. The van der Waals surface area contributed by atoms with Crippen LogP contribution in [0.5, 0.6) is 0 Å². The van der Waals surface area contributed by atoms with Crippen LogP contribution in [-0.2, 0) is 30.2 Å². The number of fused-ring (bicyclic) bond motifs is 1. The molecule has 252 valence electrons. The van der Waals surface area contributed by atoms with Crippen LogP contribution in [0.1, 0.15) is 89.4 Å². The zero-order valence-corrected chi connectivity index (χ0v) is 28.4. The van der Waals surface area contributed by atoms with E-state index in [1.807, 2.05) is 13.8 Å². The van der Waals surface area contributed by atoms with Gasteiger partial charge >= 0.3 is 18.0 Å². The Labute approximate surface area is 271 Å². The smallest absolute Gasteiger partial charge is 0.408 e. The van der Waals surface area contributed by atoms with Crippen molar-refractivity contribution in [3.63, 3.8) is 0 Å². The molecule has 1 fully saturated rings. The molecule has 0 spiro atoms. The van der Waals surface area contributed by atoms with Crippen molar-refractivity contribution in [2.24, 2.45) is 0 Å². The lowest BCUT2D eigenvalue weighted by molar-refractivity contribution is -0.158. The molecule has 0 saturated carbocycles. The number of nitrogens with one attached hydrogen (secondary N) is 3. The molecule has 1 unspecified atom stereocenters.